The van der Waals surface area contributed by atoms with Gasteiger partial charge in [0.1, 0.15) is 23.0 Å². The van der Waals surface area contributed by atoms with Gasteiger partial charge in [0.2, 0.25) is 0 Å². The van der Waals surface area contributed by atoms with E-state index in [-0.39, 0.29) is 35.1 Å². The maximum Gasteiger partial charge on any atom is 0.337 e. The summed E-state index contributed by atoms with van der Waals surface area (Å²) in [5.41, 5.74) is 29.4. The number of nitrogens with zero attached hydrogens (tertiary/aromatic N) is 16. The lowest BCUT2D eigenvalue weighted by molar-refractivity contribution is 0.0592. The number of benzene rings is 4. The molecule has 0 aliphatic heterocycles. The van der Waals surface area contributed by atoms with Crippen LogP contribution >= 0.6 is 22.7 Å². The number of carboxylic acid groups (broad SMARTS) is 2. The number of aryl methyl sites for hydroxylation is 10. The van der Waals surface area contributed by atoms with E-state index in [9.17, 15) is 29.4 Å². The molecule has 2 N–H and O–H groups in total. The van der Waals surface area contributed by atoms with Gasteiger partial charge in [0.15, 0.2) is 0 Å². The largest absolute Gasteiger partial charge is 0.478 e. The number of hydrogen-bond donors (Lipinski definition) is 2. The molecule has 0 aliphatic rings. The molecule has 20 rings (SSSR count). The van der Waals surface area contributed by atoms with E-state index >= 15 is 0 Å². The molecule has 0 spiro atoms. The predicted octanol–water partition coefficient (Wildman–Crippen LogP) is 23.3. The number of hydrogen-bond acceptors (Lipinski definition) is 24. The highest BCUT2D eigenvalue weighted by atomic mass is 32.1. The Balaban J connectivity index is 0.000000124. The summed E-state index contributed by atoms with van der Waals surface area (Å²) < 4.78 is 40.0. The van der Waals surface area contributed by atoms with Crippen LogP contribution in [0, 0.1) is 69.2 Å². The van der Waals surface area contributed by atoms with Crippen LogP contribution in [0.3, 0.4) is 0 Å². The van der Waals surface area contributed by atoms with Gasteiger partial charge >= 0.3 is 23.9 Å². The van der Waals surface area contributed by atoms with Gasteiger partial charge in [-0.05, 0) is 201 Å². The summed E-state index contributed by atoms with van der Waals surface area (Å²) in [5, 5.41) is 37.0. The Kier molecular flexibility index (Phi) is 25.8. The number of pyridine rings is 6. The van der Waals surface area contributed by atoms with Gasteiger partial charge in [0.25, 0.3) is 0 Å². The second-order valence-corrected chi connectivity index (χ2v) is 35.0. The SMILES string of the molecule is CC[C@H](c1ccccn1)n1cc(-c2ccc(C(=O)O)cc2)c2ncc(-c3c(C)noc3C)cc21.CC[C@H](c1ccccn1)n1cc(-c2ccc(C(=O)OC)cc2)c2ncc(-c3c(C)noc3C)cc21.COC(=O)c1ccc(-c2cn(Cc3cnc(C)s3)c3cc(-c4c(C)noc4C)cnc23)cc1.Cc1ncc(Cn2cc(-c3ccc(C(=O)O)cc3)c3ncc(-c4c(C)noc4C)cc32)s1. The van der Waals surface area contributed by atoms with E-state index < -0.39 is 11.9 Å². The van der Waals surface area contributed by atoms with Crippen LogP contribution in [0.1, 0.15) is 157 Å². The third-order valence-electron chi connectivity index (χ3n) is 23.7. The van der Waals surface area contributed by atoms with Crippen molar-refractivity contribution in [3.05, 3.63) is 331 Å². The van der Waals surface area contributed by atoms with E-state index in [1.165, 1.54) is 19.1 Å². The fourth-order valence-corrected chi connectivity index (χ4v) is 18.9. The zero-order chi connectivity index (χ0) is 93.9. The van der Waals surface area contributed by atoms with Gasteiger partial charge in [-0.2, -0.15) is 0 Å². The quantitative estimate of drug-likeness (QED) is 0.0595. The molecular formula is C104H92N16O12S2. The molecule has 16 aromatic heterocycles. The molecule has 0 aliphatic carbocycles. The number of methoxy groups -OCH3 is 2. The highest BCUT2D eigenvalue weighted by Crippen LogP contribution is 2.43. The molecule has 28 nitrogen and oxygen atoms in total. The highest BCUT2D eigenvalue weighted by molar-refractivity contribution is 7.11. The molecule has 2 atom stereocenters. The molecule has 0 unspecified atom stereocenters. The number of carbonyl (C=O) groups is 4. The molecule has 20 aromatic rings. The van der Waals surface area contributed by atoms with Crippen molar-refractivity contribution in [2.75, 3.05) is 14.2 Å². The average molecular weight is 1820 g/mol. The first-order chi connectivity index (χ1) is 64.8. The van der Waals surface area contributed by atoms with E-state index in [0.717, 1.165) is 218 Å². The second-order valence-electron chi connectivity index (χ2n) is 32.4. The van der Waals surface area contributed by atoms with Crippen LogP contribution < -0.4 is 0 Å². The Morgan fingerprint density at radius 3 is 0.896 bits per heavy atom. The number of esters is 2. The zero-order valence-corrected chi connectivity index (χ0v) is 77.5. The van der Waals surface area contributed by atoms with Crippen molar-refractivity contribution in [1.82, 2.24) is 78.8 Å². The monoisotopic (exact) mass is 1820 g/mol. The third-order valence-corrected chi connectivity index (χ3v) is 25.5. The topological polar surface area (TPSA) is 354 Å². The maximum atomic E-state index is 11.9. The van der Waals surface area contributed by atoms with E-state index in [2.05, 4.69) is 128 Å². The van der Waals surface area contributed by atoms with Gasteiger partial charge in [-0.15, -0.1) is 22.7 Å². The minimum atomic E-state index is -0.947. The van der Waals surface area contributed by atoms with Crippen LogP contribution in [-0.4, -0.2) is 127 Å². The lowest BCUT2D eigenvalue weighted by Crippen LogP contribution is -2.10. The summed E-state index contributed by atoms with van der Waals surface area (Å²) in [6.45, 7) is 25.0. The Bertz CT molecular complexity index is 7670. The van der Waals surface area contributed by atoms with Gasteiger partial charge in [0.05, 0.1) is 150 Å². The average Bonchev–Trinajstić information content (AvgIpc) is 1.15. The molecule has 4 aromatic carbocycles. The Morgan fingerprint density at radius 1 is 0.351 bits per heavy atom. The van der Waals surface area contributed by atoms with Crippen molar-refractivity contribution in [2.45, 2.75) is 121 Å². The van der Waals surface area contributed by atoms with Gasteiger partial charge < -0.3 is 56.0 Å². The first kappa shape index (κ1) is 89.9. The van der Waals surface area contributed by atoms with Crippen LogP contribution in [0.5, 0.6) is 0 Å². The molecule has 0 amide bonds. The smallest absolute Gasteiger partial charge is 0.337 e. The van der Waals surface area contributed by atoms with Crippen molar-refractivity contribution in [3.63, 3.8) is 0 Å². The van der Waals surface area contributed by atoms with Crippen molar-refractivity contribution in [1.29, 1.82) is 0 Å². The number of aromatic nitrogens is 16. The standard InChI is InChI=1S/C28H26N4O3.C27H24N4O3.C25H22N4O3S.C24H20N4O3S/c1-5-24(23-8-6-7-13-29-23)32-16-22(19-9-11-20(12-10-19)28(33)34-4)27-25(32)14-21(15-30-27)26-17(2)31-35-18(26)3;1-4-23(22-7-5-6-12-28-22)31-15-21(18-8-10-19(11-9-18)27(32)33)26-24(31)13-20(14-29-26)25-16(2)30-34-17(25)3;1-14-23(15(2)32-28-14)19-9-22-24(27-10-19)21(13-29(22)12-20-11-26-16(3)33-20)17-5-7-18(8-6-17)25(30)31-4;1-13-22(14(2)31-27-13)18-8-21-23(26-9-18)20(16-4-6-17(7-5-16)24(29)30)12-28(21)11-19-10-25-15(3)32-19/h6-16,24H,5H2,1-4H3;5-15,23H,4H2,1-3H3,(H,32,33);5-11,13H,12H2,1-4H3;4-10,12H,11H2,1-3H3,(H,29,30)/t24-;23-;;/m11../s1. The summed E-state index contributed by atoms with van der Waals surface area (Å²) >= 11 is 3.35. The van der Waals surface area contributed by atoms with Crippen molar-refractivity contribution in [2.24, 2.45) is 0 Å². The lowest BCUT2D eigenvalue weighted by atomic mass is 10.0. The van der Waals surface area contributed by atoms with Gasteiger partial charge in [-0.25, -0.2) is 29.1 Å². The first-order valence-corrected chi connectivity index (χ1v) is 44.9. The normalized spacial score (nSPS) is 11.7. The number of carbonyl (C=O) groups excluding carboxylic acids is 2. The van der Waals surface area contributed by atoms with Gasteiger partial charge in [0, 0.05) is 151 Å². The summed E-state index contributed by atoms with van der Waals surface area (Å²) in [6.07, 6.45) is 25.0. The van der Waals surface area contributed by atoms with Crippen LogP contribution in [0.4, 0.5) is 0 Å². The summed E-state index contributed by atoms with van der Waals surface area (Å²) in [6, 6.07) is 49.1. The summed E-state index contributed by atoms with van der Waals surface area (Å²) in [5.74, 6) is 0.427. The van der Waals surface area contributed by atoms with Gasteiger partial charge in [-0.3, -0.25) is 29.9 Å². The number of thiazole rings is 2. The van der Waals surface area contributed by atoms with Crippen LogP contribution in [0.15, 0.2) is 250 Å². The molecule has 0 fully saturated rings. The Morgan fingerprint density at radius 2 is 0.642 bits per heavy atom. The number of aromatic carboxylic acids is 2. The number of fused-ring (bicyclic) bond motifs is 4. The van der Waals surface area contributed by atoms with E-state index in [4.69, 9.17) is 47.5 Å². The molecule has 0 saturated carbocycles. The highest BCUT2D eigenvalue weighted by Gasteiger charge is 2.28. The zero-order valence-electron chi connectivity index (χ0n) is 75.9. The van der Waals surface area contributed by atoms with Crippen molar-refractivity contribution < 1.29 is 57.0 Å². The third kappa shape index (κ3) is 18.2. The minimum Gasteiger partial charge on any atom is -0.478 e. The summed E-state index contributed by atoms with van der Waals surface area (Å²) in [4.78, 5) is 86.0. The predicted molar refractivity (Wildman–Crippen MR) is 514 cm³/mol. The van der Waals surface area contributed by atoms with Crippen LogP contribution in [-0.2, 0) is 22.6 Å². The van der Waals surface area contributed by atoms with Gasteiger partial charge in [-0.1, -0.05) is 95.1 Å². The molecule has 16 heterocycles. The Hall–Kier alpha value is -16.1. The first-order valence-electron chi connectivity index (χ1n) is 43.3. The van der Waals surface area contributed by atoms with Crippen molar-refractivity contribution >= 4 is 90.7 Å². The maximum absolute atomic E-state index is 11.9. The van der Waals surface area contributed by atoms with Crippen LogP contribution in [0.25, 0.3) is 133 Å². The fourth-order valence-electron chi connectivity index (χ4n) is 17.3. The molecule has 672 valence electrons. The number of ether oxygens (including phenoxy) is 2. The minimum absolute atomic E-state index is 0.0115. The molecule has 30 heteroatoms. The summed E-state index contributed by atoms with van der Waals surface area (Å²) in [7, 11) is 2.76. The molecular weight excluding hydrogens is 1730 g/mol. The van der Waals surface area contributed by atoms with Crippen molar-refractivity contribution in [3.8, 4) is 89.0 Å². The number of rotatable bonds is 22. The molecule has 0 radical (unpaired) electrons. The van der Waals surface area contributed by atoms with E-state index in [1.807, 2.05) is 198 Å². The van der Waals surface area contributed by atoms with Crippen LogP contribution in [0.2, 0.25) is 0 Å². The number of carboxylic acids is 2. The lowest BCUT2D eigenvalue weighted by Gasteiger charge is -2.18. The fraction of sp³-hybridized carbons (Fsp3) is 0.192. The second kappa shape index (κ2) is 38.5. The van der Waals surface area contributed by atoms with E-state index in [1.54, 1.807) is 71.2 Å². The Labute approximate surface area is 777 Å². The molecule has 0 saturated heterocycles. The van der Waals surface area contributed by atoms with E-state index in [0.29, 0.717) is 24.2 Å². The molecule has 0 bridgehead atoms. The molecule has 134 heavy (non-hydrogen) atoms.